The van der Waals surface area contributed by atoms with E-state index < -0.39 is 12.0 Å². The second-order valence-corrected chi connectivity index (χ2v) is 6.24. The number of benzene rings is 1. The number of amides is 1. The molecule has 6 nitrogen and oxygen atoms in total. The van der Waals surface area contributed by atoms with Crippen molar-refractivity contribution in [3.05, 3.63) is 52.8 Å². The summed E-state index contributed by atoms with van der Waals surface area (Å²) in [6.07, 6.45) is 0.643. The molecule has 1 aromatic carbocycles. The van der Waals surface area contributed by atoms with Gasteiger partial charge in [-0.2, -0.15) is 5.10 Å². The van der Waals surface area contributed by atoms with Gasteiger partial charge < -0.3 is 14.8 Å². The molecule has 24 heavy (non-hydrogen) atoms. The number of aliphatic carboxylic acids is 1. The van der Waals surface area contributed by atoms with Crippen LogP contribution in [0.2, 0.25) is 0 Å². The topological polar surface area (TPSA) is 78.3 Å². The zero-order valence-corrected chi connectivity index (χ0v) is 13.9. The molecule has 0 N–H and O–H groups in total. The fraction of sp³-hybridized carbons (Fsp3) is 0.389. The van der Waals surface area contributed by atoms with Gasteiger partial charge in [-0.05, 0) is 37.5 Å². The highest BCUT2D eigenvalue weighted by Crippen LogP contribution is 2.22. The van der Waals surface area contributed by atoms with Gasteiger partial charge in [0.15, 0.2) is 0 Å². The smallest absolute Gasteiger partial charge is 0.225 e. The number of hydrogen-bond donors (Lipinski definition) is 0. The Balaban J connectivity index is 1.75. The first-order valence-electron chi connectivity index (χ1n) is 8.04. The van der Waals surface area contributed by atoms with Crippen molar-refractivity contribution in [1.82, 2.24) is 14.7 Å². The fourth-order valence-corrected chi connectivity index (χ4v) is 3.23. The number of carboxylic acids is 1. The average Bonchev–Trinajstić information content (AvgIpc) is 2.89. The van der Waals surface area contributed by atoms with Crippen LogP contribution in [0.25, 0.3) is 0 Å². The maximum absolute atomic E-state index is 12.6. The molecule has 0 bridgehead atoms. The molecule has 0 saturated carbocycles. The van der Waals surface area contributed by atoms with Gasteiger partial charge >= 0.3 is 0 Å². The van der Waals surface area contributed by atoms with E-state index in [1.807, 2.05) is 18.2 Å². The van der Waals surface area contributed by atoms with E-state index >= 15 is 0 Å². The van der Waals surface area contributed by atoms with Crippen molar-refractivity contribution >= 4 is 11.9 Å². The molecule has 0 spiro atoms. The van der Waals surface area contributed by atoms with Gasteiger partial charge in [-0.15, -0.1) is 0 Å². The summed E-state index contributed by atoms with van der Waals surface area (Å²) in [6, 6.07) is 8.72. The molecule has 2 heterocycles. The van der Waals surface area contributed by atoms with Gasteiger partial charge in [-0.1, -0.05) is 24.3 Å². The zero-order valence-electron chi connectivity index (χ0n) is 13.9. The Bertz CT molecular complexity index is 782. The minimum Gasteiger partial charge on any atom is -0.548 e. The summed E-state index contributed by atoms with van der Waals surface area (Å²) in [5, 5.41) is 15.7. The van der Waals surface area contributed by atoms with Crippen LogP contribution in [0.1, 0.15) is 35.0 Å². The number of aryl methyl sites for hydroxylation is 2. The van der Waals surface area contributed by atoms with Crippen molar-refractivity contribution in [2.75, 3.05) is 6.54 Å². The molecule has 3 rings (SSSR count). The van der Waals surface area contributed by atoms with Crippen LogP contribution in [-0.4, -0.2) is 33.1 Å². The van der Waals surface area contributed by atoms with Crippen LogP contribution in [-0.2, 0) is 22.6 Å². The molecule has 1 atom stereocenters. The molecule has 0 radical (unpaired) electrons. The van der Waals surface area contributed by atoms with E-state index in [9.17, 15) is 14.7 Å². The number of fused-ring (bicyclic) bond motifs is 1. The number of carbonyl (C=O) groups is 2. The third-order valence-corrected chi connectivity index (χ3v) is 4.46. The molecule has 0 unspecified atom stereocenters. The van der Waals surface area contributed by atoms with E-state index in [2.05, 4.69) is 11.2 Å². The van der Waals surface area contributed by atoms with E-state index in [0.29, 0.717) is 18.8 Å². The molecule has 0 saturated heterocycles. The number of rotatable bonds is 4. The molecule has 0 fully saturated rings. The average molecular weight is 326 g/mol. The van der Waals surface area contributed by atoms with Crippen molar-refractivity contribution in [3.63, 3.8) is 0 Å². The standard InChI is InChI=1S/C18H21N3O3/c1-12-9-13(2)21(19-12)16(18(23)24)10-17(22)20-8-7-14-5-3-4-6-15(14)11-20/h3-6,9,16H,7-8,10-11H2,1-2H3,(H,23,24)/p-1/t16-/m0/s1. The predicted octanol–water partition coefficient (Wildman–Crippen LogP) is 0.766. The first kappa shape index (κ1) is 16.2. The summed E-state index contributed by atoms with van der Waals surface area (Å²) in [5.41, 5.74) is 3.79. The molecule has 1 aromatic heterocycles. The first-order chi connectivity index (χ1) is 11.5. The molecule has 2 aromatic rings. The van der Waals surface area contributed by atoms with Crippen LogP contribution in [0.15, 0.2) is 30.3 Å². The normalized spacial score (nSPS) is 15.0. The van der Waals surface area contributed by atoms with Crippen molar-refractivity contribution in [2.45, 2.75) is 39.3 Å². The van der Waals surface area contributed by atoms with E-state index in [-0.39, 0.29) is 12.3 Å². The zero-order chi connectivity index (χ0) is 17.3. The minimum absolute atomic E-state index is 0.146. The minimum atomic E-state index is -1.29. The summed E-state index contributed by atoms with van der Waals surface area (Å²) in [5.74, 6) is -1.47. The molecule has 0 aliphatic carbocycles. The quantitative estimate of drug-likeness (QED) is 0.831. The van der Waals surface area contributed by atoms with Crippen LogP contribution < -0.4 is 5.11 Å². The van der Waals surface area contributed by atoms with E-state index in [1.165, 1.54) is 10.2 Å². The lowest BCUT2D eigenvalue weighted by molar-refractivity contribution is -0.310. The molecule has 6 heteroatoms. The Morgan fingerprint density at radius 3 is 2.58 bits per heavy atom. The highest BCUT2D eigenvalue weighted by Gasteiger charge is 2.25. The van der Waals surface area contributed by atoms with Crippen molar-refractivity contribution in [1.29, 1.82) is 0 Å². The van der Waals surface area contributed by atoms with Gasteiger partial charge in [0.1, 0.15) is 6.04 Å². The second kappa shape index (κ2) is 6.47. The summed E-state index contributed by atoms with van der Waals surface area (Å²) in [7, 11) is 0. The number of nitrogens with zero attached hydrogens (tertiary/aromatic N) is 3. The van der Waals surface area contributed by atoms with Crippen molar-refractivity contribution in [3.8, 4) is 0 Å². The highest BCUT2D eigenvalue weighted by atomic mass is 16.4. The van der Waals surface area contributed by atoms with Crippen LogP contribution in [0.3, 0.4) is 0 Å². The Hall–Kier alpha value is -2.63. The lowest BCUT2D eigenvalue weighted by Crippen LogP contribution is -2.41. The van der Waals surface area contributed by atoms with Gasteiger partial charge in [0.2, 0.25) is 5.91 Å². The predicted molar refractivity (Wildman–Crippen MR) is 85.9 cm³/mol. The Morgan fingerprint density at radius 1 is 1.25 bits per heavy atom. The second-order valence-electron chi connectivity index (χ2n) is 6.24. The molecular formula is C18H20N3O3-. The maximum Gasteiger partial charge on any atom is 0.225 e. The lowest BCUT2D eigenvalue weighted by atomic mass is 9.99. The van der Waals surface area contributed by atoms with Crippen LogP contribution in [0.4, 0.5) is 0 Å². The van der Waals surface area contributed by atoms with E-state index in [1.54, 1.807) is 24.8 Å². The summed E-state index contributed by atoms with van der Waals surface area (Å²) >= 11 is 0. The number of hydrogen-bond acceptors (Lipinski definition) is 4. The lowest BCUT2D eigenvalue weighted by Gasteiger charge is -2.30. The first-order valence-corrected chi connectivity index (χ1v) is 8.04. The van der Waals surface area contributed by atoms with E-state index in [0.717, 1.165) is 17.7 Å². The molecule has 1 aliphatic heterocycles. The van der Waals surface area contributed by atoms with Gasteiger partial charge in [0, 0.05) is 18.8 Å². The van der Waals surface area contributed by atoms with Crippen LogP contribution >= 0.6 is 0 Å². The number of aromatic nitrogens is 2. The maximum atomic E-state index is 12.6. The number of carboxylic acid groups (broad SMARTS) is 1. The van der Waals surface area contributed by atoms with Gasteiger partial charge in [0.25, 0.3) is 0 Å². The molecule has 1 aliphatic rings. The number of carbonyl (C=O) groups excluding carboxylic acids is 2. The third-order valence-electron chi connectivity index (χ3n) is 4.46. The SMILES string of the molecule is Cc1cc(C)n([C@@H](CC(=O)N2CCc3ccccc3C2)C(=O)[O-])n1. The van der Waals surface area contributed by atoms with E-state index in [4.69, 9.17) is 0 Å². The summed E-state index contributed by atoms with van der Waals surface area (Å²) < 4.78 is 1.38. The van der Waals surface area contributed by atoms with Crippen LogP contribution in [0.5, 0.6) is 0 Å². The Labute approximate surface area is 140 Å². The molecule has 126 valence electrons. The van der Waals surface area contributed by atoms with Crippen LogP contribution in [0, 0.1) is 13.8 Å². The van der Waals surface area contributed by atoms with Crippen molar-refractivity contribution < 1.29 is 14.7 Å². The summed E-state index contributed by atoms with van der Waals surface area (Å²) in [4.78, 5) is 25.9. The molecular weight excluding hydrogens is 306 g/mol. The van der Waals surface area contributed by atoms with Gasteiger partial charge in [0.05, 0.1) is 18.1 Å². The van der Waals surface area contributed by atoms with Gasteiger partial charge in [-0.25, -0.2) is 0 Å². The van der Waals surface area contributed by atoms with Crippen molar-refractivity contribution in [2.24, 2.45) is 0 Å². The third kappa shape index (κ3) is 3.18. The monoisotopic (exact) mass is 326 g/mol. The fourth-order valence-electron chi connectivity index (χ4n) is 3.23. The summed E-state index contributed by atoms with van der Waals surface area (Å²) in [6.45, 7) is 4.69. The molecule has 1 amide bonds. The van der Waals surface area contributed by atoms with Gasteiger partial charge in [-0.3, -0.25) is 9.48 Å². The highest BCUT2D eigenvalue weighted by molar-refractivity contribution is 5.82. The Kier molecular flexibility index (Phi) is 4.38. The Morgan fingerprint density at radius 2 is 1.96 bits per heavy atom. The largest absolute Gasteiger partial charge is 0.548 e.